The zero-order valence-corrected chi connectivity index (χ0v) is 28.0. The van der Waals surface area contributed by atoms with Gasteiger partial charge in [0, 0.05) is 19.4 Å². The number of amides is 3. The molecule has 0 saturated heterocycles. The van der Waals surface area contributed by atoms with Crippen LogP contribution < -0.4 is 33.2 Å². The number of nitrogens with one attached hydrogen (secondary N) is 3. The normalized spacial score (nSPS) is 12.6. The third-order valence-electron chi connectivity index (χ3n) is 7.85. The molecule has 3 aromatic carbocycles. The van der Waals surface area contributed by atoms with Crippen molar-refractivity contribution in [1.82, 2.24) is 16.0 Å². The summed E-state index contributed by atoms with van der Waals surface area (Å²) in [5, 5.41) is 19.5. The zero-order valence-electron chi connectivity index (χ0n) is 28.0. The van der Waals surface area contributed by atoms with E-state index in [-0.39, 0.29) is 43.8 Å². The molecule has 268 valence electrons. The molecule has 50 heavy (non-hydrogen) atoms. The minimum Gasteiger partial charge on any atom is -0.480 e. The van der Waals surface area contributed by atoms with Gasteiger partial charge in [-0.3, -0.25) is 19.4 Å². The van der Waals surface area contributed by atoms with E-state index in [1.165, 1.54) is 0 Å². The number of benzene rings is 3. The molecule has 0 saturated carbocycles. The van der Waals surface area contributed by atoms with E-state index >= 15 is 0 Å². The van der Waals surface area contributed by atoms with E-state index < -0.39 is 54.4 Å². The topological polar surface area (TPSA) is 241 Å². The van der Waals surface area contributed by atoms with Crippen molar-refractivity contribution in [2.24, 2.45) is 22.2 Å². The van der Waals surface area contributed by atoms with Crippen molar-refractivity contribution in [2.75, 3.05) is 19.7 Å². The van der Waals surface area contributed by atoms with Crippen LogP contribution >= 0.6 is 0 Å². The highest BCUT2D eigenvalue weighted by molar-refractivity contribution is 5.94. The van der Waals surface area contributed by atoms with Crippen molar-refractivity contribution in [3.8, 4) is 0 Å². The molecule has 3 atom stereocenters. The highest BCUT2D eigenvalue weighted by Crippen LogP contribution is 2.17. The molecule has 0 aliphatic rings. The zero-order chi connectivity index (χ0) is 36.3. The first kappa shape index (κ1) is 38.9. The van der Waals surface area contributed by atoms with Gasteiger partial charge < -0.3 is 43.0 Å². The Labute approximate surface area is 291 Å². The largest absolute Gasteiger partial charge is 0.480 e. The number of carbonyl (C=O) groups is 5. The molecule has 10 N–H and O–H groups in total. The van der Waals surface area contributed by atoms with E-state index in [4.69, 9.17) is 21.9 Å². The number of rotatable bonds is 21. The fourth-order valence-electron chi connectivity index (χ4n) is 5.17. The van der Waals surface area contributed by atoms with Crippen LogP contribution in [-0.4, -0.2) is 78.5 Å². The van der Waals surface area contributed by atoms with Crippen molar-refractivity contribution in [3.63, 3.8) is 0 Å². The fraction of sp³-hybridized carbons (Fsp3) is 0.389. The second kappa shape index (κ2) is 20.8. The first-order chi connectivity index (χ1) is 24.1. The highest BCUT2D eigenvalue weighted by atomic mass is 16.5. The number of hydrogen-bond acceptors (Lipinski definition) is 8. The van der Waals surface area contributed by atoms with Crippen LogP contribution in [0.1, 0.15) is 60.9 Å². The molecule has 0 spiro atoms. The van der Waals surface area contributed by atoms with E-state index in [2.05, 4.69) is 20.9 Å². The lowest BCUT2D eigenvalue weighted by molar-refractivity contribution is -0.142. The number of nitrogens with two attached hydrogens (primary N) is 3. The van der Waals surface area contributed by atoms with Crippen LogP contribution in [0.3, 0.4) is 0 Å². The van der Waals surface area contributed by atoms with Gasteiger partial charge in [-0.05, 0) is 60.7 Å². The average molecular weight is 690 g/mol. The van der Waals surface area contributed by atoms with Crippen molar-refractivity contribution in [3.05, 3.63) is 83.9 Å². The Balaban J connectivity index is 1.82. The van der Waals surface area contributed by atoms with Crippen LogP contribution in [0, 0.1) is 0 Å². The molecule has 0 fully saturated rings. The Morgan fingerprint density at radius 1 is 0.740 bits per heavy atom. The summed E-state index contributed by atoms with van der Waals surface area (Å²) in [7, 11) is 0. The molecule has 0 aromatic heterocycles. The first-order valence-electron chi connectivity index (χ1n) is 16.7. The summed E-state index contributed by atoms with van der Waals surface area (Å²) >= 11 is 0. The lowest BCUT2D eigenvalue weighted by Gasteiger charge is -2.25. The number of hydrogen-bond donors (Lipinski definition) is 7. The van der Waals surface area contributed by atoms with Crippen LogP contribution in [-0.2, 0) is 30.3 Å². The maximum absolute atomic E-state index is 13.8. The maximum Gasteiger partial charge on any atom is 0.338 e. The summed E-state index contributed by atoms with van der Waals surface area (Å²) in [6, 6.07) is 17.4. The van der Waals surface area contributed by atoms with Crippen molar-refractivity contribution in [2.45, 2.75) is 69.5 Å². The van der Waals surface area contributed by atoms with Crippen LogP contribution in [0.5, 0.6) is 0 Å². The summed E-state index contributed by atoms with van der Waals surface area (Å²) in [5.74, 6) is -4.09. The maximum atomic E-state index is 13.8. The Morgan fingerprint density at radius 3 is 2.10 bits per heavy atom. The van der Waals surface area contributed by atoms with Gasteiger partial charge in [-0.2, -0.15) is 0 Å². The van der Waals surface area contributed by atoms with Crippen LogP contribution in [0.25, 0.3) is 10.8 Å². The molecule has 0 heterocycles. The molecule has 0 aliphatic carbocycles. The minimum atomic E-state index is -1.35. The van der Waals surface area contributed by atoms with Crippen molar-refractivity contribution in [1.29, 1.82) is 0 Å². The molecular formula is C36H47N7O7. The number of carbonyl (C=O) groups excluding carboxylic acids is 4. The van der Waals surface area contributed by atoms with E-state index in [1.54, 1.807) is 30.3 Å². The lowest BCUT2D eigenvalue weighted by atomic mass is 10.00. The minimum absolute atomic E-state index is 0.00560. The van der Waals surface area contributed by atoms with Gasteiger partial charge in [0.2, 0.25) is 17.7 Å². The molecule has 0 unspecified atom stereocenters. The van der Waals surface area contributed by atoms with Gasteiger partial charge in [-0.15, -0.1) is 0 Å². The van der Waals surface area contributed by atoms with Crippen LogP contribution in [0.2, 0.25) is 0 Å². The number of fused-ring (bicyclic) bond motifs is 1. The number of aliphatic carboxylic acids is 1. The summed E-state index contributed by atoms with van der Waals surface area (Å²) in [5.41, 5.74) is 17.2. The third kappa shape index (κ3) is 13.5. The average Bonchev–Trinajstić information content (AvgIpc) is 3.10. The standard InChI is InChI=1S/C36H47N7O7/c37-19-9-2-1-6-16-31(44)41-30(23-50-35(49)26-12-4-3-5-13-26)33(46)43-29(22-24-17-18-25-11-7-8-14-27(25)21-24)32(45)42-28(34(47)48)15-10-20-40-36(38)39/h3-5,7-8,11-14,17-18,21,28-30H,1-2,6,9-10,15-16,19-20,22-23,37H2,(H,41,44)(H,42,45)(H,43,46)(H,47,48)(H4,38,39,40)/t28-,29-,30-/m0/s1. The SMILES string of the molecule is NCCCCCCC(=O)N[C@@H](COC(=O)c1ccccc1)C(=O)N[C@@H](Cc1ccc2ccccc2c1)C(=O)N[C@@H](CCCN=C(N)N)C(=O)O. The number of guanidine groups is 1. The summed E-state index contributed by atoms with van der Waals surface area (Å²) < 4.78 is 5.41. The van der Waals surface area contributed by atoms with Gasteiger partial charge in [0.1, 0.15) is 24.7 Å². The Hall–Kier alpha value is -5.50. The summed E-state index contributed by atoms with van der Waals surface area (Å²) in [6.07, 6.45) is 3.45. The van der Waals surface area contributed by atoms with Gasteiger partial charge in [0.05, 0.1) is 5.56 Å². The Morgan fingerprint density at radius 2 is 1.40 bits per heavy atom. The molecule has 3 amide bonds. The molecule has 0 bridgehead atoms. The number of carboxylic acid groups (broad SMARTS) is 1. The van der Waals surface area contributed by atoms with Gasteiger partial charge in [0.15, 0.2) is 5.96 Å². The van der Waals surface area contributed by atoms with Gasteiger partial charge >= 0.3 is 11.9 Å². The molecule has 0 aliphatic heterocycles. The Bertz CT molecular complexity index is 1610. The van der Waals surface area contributed by atoms with Gasteiger partial charge in [0.25, 0.3) is 0 Å². The van der Waals surface area contributed by atoms with E-state index in [0.29, 0.717) is 18.5 Å². The quantitative estimate of drug-likeness (QED) is 0.0370. The number of esters is 1. The molecular weight excluding hydrogens is 642 g/mol. The summed E-state index contributed by atoms with van der Waals surface area (Å²) in [4.78, 5) is 69.0. The molecule has 3 aromatic rings. The summed E-state index contributed by atoms with van der Waals surface area (Å²) in [6.45, 7) is 0.209. The number of carboxylic acids is 1. The Kier molecular flexibility index (Phi) is 16.2. The van der Waals surface area contributed by atoms with Crippen LogP contribution in [0.15, 0.2) is 77.8 Å². The molecule has 14 heteroatoms. The highest BCUT2D eigenvalue weighted by Gasteiger charge is 2.30. The predicted molar refractivity (Wildman–Crippen MR) is 190 cm³/mol. The lowest BCUT2D eigenvalue weighted by Crippen LogP contribution is -2.57. The second-order valence-corrected chi connectivity index (χ2v) is 11.8. The van der Waals surface area contributed by atoms with E-state index in [0.717, 1.165) is 30.0 Å². The van der Waals surface area contributed by atoms with E-state index in [9.17, 15) is 29.1 Å². The molecule has 3 rings (SSSR count). The number of aliphatic imine (C=N–C) groups is 1. The van der Waals surface area contributed by atoms with Gasteiger partial charge in [-0.1, -0.05) is 73.5 Å². The third-order valence-corrected chi connectivity index (χ3v) is 7.85. The number of ether oxygens (including phenoxy) is 1. The fourth-order valence-corrected chi connectivity index (χ4v) is 5.17. The molecule has 14 nitrogen and oxygen atoms in total. The number of nitrogens with zero attached hydrogens (tertiary/aromatic N) is 1. The second-order valence-electron chi connectivity index (χ2n) is 11.8. The number of unbranched alkanes of at least 4 members (excludes halogenated alkanes) is 3. The predicted octanol–water partition coefficient (Wildman–Crippen LogP) is 1.74. The van der Waals surface area contributed by atoms with Crippen molar-refractivity contribution < 1.29 is 33.8 Å². The molecule has 0 radical (unpaired) electrons. The van der Waals surface area contributed by atoms with Gasteiger partial charge in [-0.25, -0.2) is 9.59 Å². The smallest absolute Gasteiger partial charge is 0.338 e. The van der Waals surface area contributed by atoms with Crippen molar-refractivity contribution >= 4 is 46.4 Å². The monoisotopic (exact) mass is 689 g/mol. The van der Waals surface area contributed by atoms with E-state index in [1.807, 2.05) is 42.5 Å². The van der Waals surface area contributed by atoms with Crippen LogP contribution in [0.4, 0.5) is 0 Å². The first-order valence-corrected chi connectivity index (χ1v) is 16.7.